The van der Waals surface area contributed by atoms with Gasteiger partial charge in [-0.3, -0.25) is 10.0 Å². The summed E-state index contributed by atoms with van der Waals surface area (Å²) in [5.41, 5.74) is 7.73. The minimum absolute atomic E-state index is 0.290. The van der Waals surface area contributed by atoms with E-state index in [0.717, 1.165) is 25.1 Å². The van der Waals surface area contributed by atoms with Crippen molar-refractivity contribution < 1.29 is 10.0 Å². The zero-order valence-corrected chi connectivity index (χ0v) is 15.0. The molecule has 5 nitrogen and oxygen atoms in total. The van der Waals surface area contributed by atoms with E-state index >= 15 is 0 Å². The molecule has 3 aromatic rings. The van der Waals surface area contributed by atoms with Crippen LogP contribution in [0.4, 0.5) is 0 Å². The van der Waals surface area contributed by atoms with Crippen molar-refractivity contribution in [3.63, 3.8) is 0 Å². The number of hydrogen-bond donors (Lipinski definition) is 4. The lowest BCUT2D eigenvalue weighted by atomic mass is 10.1. The Balaban J connectivity index is 1.46. The fourth-order valence-corrected chi connectivity index (χ4v) is 3.16. The highest BCUT2D eigenvalue weighted by atomic mass is 16.5. The first-order valence-corrected chi connectivity index (χ1v) is 8.94. The summed E-state index contributed by atoms with van der Waals surface area (Å²) >= 11 is 0. The van der Waals surface area contributed by atoms with Crippen molar-refractivity contribution in [1.82, 2.24) is 15.8 Å². The highest BCUT2D eigenvalue weighted by Gasteiger charge is 2.04. The quantitative estimate of drug-likeness (QED) is 0.286. The predicted octanol–water partition coefficient (Wildman–Crippen LogP) is 3.25. The zero-order chi connectivity index (χ0) is 18.4. The number of fused-ring (bicyclic) bond motifs is 1. The number of H-pyrrole nitrogens is 1. The van der Waals surface area contributed by atoms with E-state index in [1.807, 2.05) is 12.1 Å². The third-order valence-corrected chi connectivity index (χ3v) is 4.57. The number of amides is 1. The van der Waals surface area contributed by atoms with Gasteiger partial charge in [0, 0.05) is 24.2 Å². The Morgan fingerprint density at radius 2 is 1.85 bits per heavy atom. The number of carbonyl (C=O) groups is 1. The number of para-hydroxylation sites is 1. The van der Waals surface area contributed by atoms with Crippen molar-refractivity contribution in [3.05, 3.63) is 70.9 Å². The molecule has 1 amide bonds. The topological polar surface area (TPSA) is 77.2 Å². The minimum Gasteiger partial charge on any atom is -0.358 e. The molecule has 3 rings (SSSR count). The van der Waals surface area contributed by atoms with Crippen LogP contribution in [0.3, 0.4) is 0 Å². The third-order valence-electron chi connectivity index (χ3n) is 4.57. The van der Waals surface area contributed by atoms with Gasteiger partial charge in [-0.05, 0) is 54.5 Å². The number of benzene rings is 2. The van der Waals surface area contributed by atoms with Crippen LogP contribution in [0.5, 0.6) is 0 Å². The molecule has 1 aromatic heterocycles. The fraction of sp³-hybridized carbons (Fsp3) is 0.286. The summed E-state index contributed by atoms with van der Waals surface area (Å²) in [5, 5.41) is 13.3. The molecule has 26 heavy (non-hydrogen) atoms. The molecule has 5 heteroatoms. The normalized spacial score (nSPS) is 11.0. The van der Waals surface area contributed by atoms with Gasteiger partial charge in [0.1, 0.15) is 0 Å². The lowest BCUT2D eigenvalue weighted by Gasteiger charge is -2.07. The number of aryl methyl sites for hydroxylation is 2. The van der Waals surface area contributed by atoms with Crippen LogP contribution >= 0.6 is 0 Å². The first-order valence-electron chi connectivity index (χ1n) is 8.94. The lowest BCUT2D eigenvalue weighted by Crippen LogP contribution is -2.18. The number of hydrogen-bond acceptors (Lipinski definition) is 3. The van der Waals surface area contributed by atoms with Crippen molar-refractivity contribution in [2.45, 2.75) is 32.7 Å². The standard InChI is InChI=1S/C21H25N3O2/c1-15-13-19-4-2-3-18(21(19)23-15)11-12-22-14-17-7-5-16(6-8-17)9-10-20(25)24-26/h2-8,13,22-23,26H,9-12,14H2,1H3,(H,24,25). The fourth-order valence-electron chi connectivity index (χ4n) is 3.16. The van der Waals surface area contributed by atoms with Crippen LogP contribution in [0, 0.1) is 6.92 Å². The molecular weight excluding hydrogens is 326 g/mol. The van der Waals surface area contributed by atoms with Crippen LogP contribution in [0.15, 0.2) is 48.5 Å². The first kappa shape index (κ1) is 18.2. The van der Waals surface area contributed by atoms with E-state index in [9.17, 15) is 4.79 Å². The zero-order valence-electron chi connectivity index (χ0n) is 15.0. The number of aromatic nitrogens is 1. The molecular formula is C21H25N3O2. The number of aromatic amines is 1. The summed E-state index contributed by atoms with van der Waals surface area (Å²) < 4.78 is 0. The molecule has 0 spiro atoms. The summed E-state index contributed by atoms with van der Waals surface area (Å²) in [6, 6.07) is 16.8. The van der Waals surface area contributed by atoms with Crippen LogP contribution in [0.25, 0.3) is 10.9 Å². The van der Waals surface area contributed by atoms with E-state index in [1.165, 1.54) is 27.7 Å². The molecule has 0 radical (unpaired) electrons. The lowest BCUT2D eigenvalue weighted by molar-refractivity contribution is -0.129. The molecule has 0 unspecified atom stereocenters. The van der Waals surface area contributed by atoms with Gasteiger partial charge in [-0.1, -0.05) is 42.5 Å². The molecule has 0 bridgehead atoms. The maximum atomic E-state index is 11.1. The van der Waals surface area contributed by atoms with Crippen LogP contribution in [-0.2, 0) is 24.2 Å². The largest absolute Gasteiger partial charge is 0.358 e. The Labute approximate surface area is 153 Å². The summed E-state index contributed by atoms with van der Waals surface area (Å²) in [5.74, 6) is -0.358. The van der Waals surface area contributed by atoms with Crippen molar-refractivity contribution in [3.8, 4) is 0 Å². The Morgan fingerprint density at radius 1 is 1.08 bits per heavy atom. The van der Waals surface area contributed by atoms with Gasteiger partial charge in [0.2, 0.25) is 5.91 Å². The first-order chi connectivity index (χ1) is 12.7. The van der Waals surface area contributed by atoms with Gasteiger partial charge in [0.15, 0.2) is 0 Å². The average molecular weight is 351 g/mol. The molecule has 0 atom stereocenters. The van der Waals surface area contributed by atoms with Gasteiger partial charge >= 0.3 is 0 Å². The Hall–Kier alpha value is -2.63. The van der Waals surface area contributed by atoms with Crippen LogP contribution in [0.2, 0.25) is 0 Å². The van der Waals surface area contributed by atoms with E-state index in [4.69, 9.17) is 5.21 Å². The Kier molecular flexibility index (Phi) is 6.04. The number of carbonyl (C=O) groups excluding carboxylic acids is 1. The third kappa shape index (κ3) is 4.71. The van der Waals surface area contributed by atoms with Gasteiger partial charge < -0.3 is 10.3 Å². The van der Waals surface area contributed by atoms with Gasteiger partial charge in [-0.2, -0.15) is 0 Å². The molecule has 0 aliphatic carbocycles. The van der Waals surface area contributed by atoms with Gasteiger partial charge in [-0.15, -0.1) is 0 Å². The van der Waals surface area contributed by atoms with Crippen molar-refractivity contribution in [1.29, 1.82) is 0 Å². The average Bonchev–Trinajstić information content (AvgIpc) is 3.05. The summed E-state index contributed by atoms with van der Waals surface area (Å²) in [6.45, 7) is 3.81. The highest BCUT2D eigenvalue weighted by Crippen LogP contribution is 2.19. The monoisotopic (exact) mass is 351 g/mol. The second-order valence-corrected chi connectivity index (χ2v) is 6.61. The van der Waals surface area contributed by atoms with Crippen LogP contribution in [-0.4, -0.2) is 22.6 Å². The Bertz CT molecular complexity index is 869. The summed E-state index contributed by atoms with van der Waals surface area (Å²) in [4.78, 5) is 14.5. The molecule has 4 N–H and O–H groups in total. The highest BCUT2D eigenvalue weighted by molar-refractivity contribution is 5.83. The smallest absolute Gasteiger partial charge is 0.243 e. The van der Waals surface area contributed by atoms with E-state index in [-0.39, 0.29) is 12.3 Å². The Morgan fingerprint density at radius 3 is 2.62 bits per heavy atom. The SMILES string of the molecule is Cc1cc2cccc(CCNCc3ccc(CCC(=O)NO)cc3)c2[nH]1. The molecule has 0 aliphatic heterocycles. The van der Waals surface area contributed by atoms with Crippen molar-refractivity contribution in [2.24, 2.45) is 0 Å². The molecule has 0 aliphatic rings. The van der Waals surface area contributed by atoms with E-state index in [1.54, 1.807) is 5.48 Å². The number of hydroxylamine groups is 1. The summed E-state index contributed by atoms with van der Waals surface area (Å²) in [7, 11) is 0. The maximum Gasteiger partial charge on any atom is 0.243 e. The molecule has 2 aromatic carbocycles. The summed E-state index contributed by atoms with van der Waals surface area (Å²) in [6.07, 6.45) is 1.89. The molecule has 1 heterocycles. The molecule has 0 saturated heterocycles. The van der Waals surface area contributed by atoms with Crippen molar-refractivity contribution >= 4 is 16.8 Å². The van der Waals surface area contributed by atoms with Crippen LogP contribution in [0.1, 0.15) is 28.8 Å². The maximum absolute atomic E-state index is 11.1. The van der Waals surface area contributed by atoms with E-state index in [0.29, 0.717) is 6.42 Å². The molecule has 0 fully saturated rings. The van der Waals surface area contributed by atoms with Gasteiger partial charge in [-0.25, -0.2) is 5.48 Å². The second-order valence-electron chi connectivity index (χ2n) is 6.61. The van der Waals surface area contributed by atoms with E-state index < -0.39 is 0 Å². The predicted molar refractivity (Wildman–Crippen MR) is 103 cm³/mol. The molecule has 0 saturated carbocycles. The van der Waals surface area contributed by atoms with Gasteiger partial charge in [0.25, 0.3) is 0 Å². The minimum atomic E-state index is -0.358. The van der Waals surface area contributed by atoms with E-state index in [2.05, 4.69) is 53.6 Å². The van der Waals surface area contributed by atoms with Crippen molar-refractivity contribution in [2.75, 3.05) is 6.54 Å². The number of rotatable bonds is 8. The molecule has 136 valence electrons. The number of nitrogens with one attached hydrogen (secondary N) is 3. The van der Waals surface area contributed by atoms with Gasteiger partial charge in [0.05, 0.1) is 0 Å². The second kappa shape index (κ2) is 8.65. The van der Waals surface area contributed by atoms with Crippen LogP contribution < -0.4 is 10.8 Å².